The number of halogens is 1. The highest BCUT2D eigenvalue weighted by atomic mass is 35.5. The number of benzene rings is 3. The summed E-state index contributed by atoms with van der Waals surface area (Å²) >= 11 is 7.86. The lowest BCUT2D eigenvalue weighted by Gasteiger charge is -2.40. The number of nitrogens with zero attached hydrogens (tertiary/aromatic N) is 3. The average molecular weight is 530 g/mol. The van der Waals surface area contributed by atoms with Crippen LogP contribution in [0.25, 0.3) is 5.69 Å². The number of anilines is 1. The minimum atomic E-state index is -0.376. The molecule has 0 spiro atoms. The van der Waals surface area contributed by atoms with Gasteiger partial charge in [-0.2, -0.15) is 0 Å². The maximum absolute atomic E-state index is 14.1. The molecule has 1 aromatic heterocycles. The van der Waals surface area contributed by atoms with Crippen LogP contribution in [0.5, 0.6) is 0 Å². The molecule has 37 heavy (non-hydrogen) atoms. The lowest BCUT2D eigenvalue weighted by Crippen LogP contribution is -2.49. The summed E-state index contributed by atoms with van der Waals surface area (Å²) in [5.41, 5.74) is 3.61. The first kappa shape index (κ1) is 25.2. The molecule has 0 aliphatic carbocycles. The van der Waals surface area contributed by atoms with Gasteiger partial charge < -0.3 is 9.47 Å². The highest BCUT2D eigenvalue weighted by Gasteiger charge is 2.37. The summed E-state index contributed by atoms with van der Waals surface area (Å²) in [7, 11) is 0. The van der Waals surface area contributed by atoms with Crippen LogP contribution in [-0.2, 0) is 9.59 Å². The number of rotatable bonds is 7. The van der Waals surface area contributed by atoms with Gasteiger partial charge >= 0.3 is 0 Å². The Morgan fingerprint density at radius 1 is 0.919 bits per heavy atom. The maximum atomic E-state index is 14.1. The van der Waals surface area contributed by atoms with E-state index in [0.29, 0.717) is 5.02 Å². The van der Waals surface area contributed by atoms with Crippen LogP contribution in [0.2, 0.25) is 5.02 Å². The van der Waals surface area contributed by atoms with E-state index >= 15 is 0 Å². The van der Waals surface area contributed by atoms with Gasteiger partial charge in [0.1, 0.15) is 12.6 Å². The summed E-state index contributed by atoms with van der Waals surface area (Å²) in [6, 6.07) is 28.8. The van der Waals surface area contributed by atoms with Crippen LogP contribution >= 0.6 is 23.4 Å². The topological polar surface area (TPSA) is 45.6 Å². The van der Waals surface area contributed by atoms with Gasteiger partial charge in [0.25, 0.3) is 0 Å². The molecule has 0 saturated heterocycles. The van der Waals surface area contributed by atoms with E-state index in [1.54, 1.807) is 4.90 Å². The van der Waals surface area contributed by atoms with Gasteiger partial charge in [-0.15, -0.1) is 11.8 Å². The zero-order chi connectivity index (χ0) is 25.9. The lowest BCUT2D eigenvalue weighted by molar-refractivity contribution is -0.134. The van der Waals surface area contributed by atoms with Gasteiger partial charge in [-0.3, -0.25) is 14.5 Å². The Balaban J connectivity index is 1.48. The smallest absolute Gasteiger partial charge is 0.247 e. The van der Waals surface area contributed by atoms with Crippen molar-refractivity contribution in [2.24, 2.45) is 0 Å². The molecule has 5 nitrogen and oxygen atoms in total. The van der Waals surface area contributed by atoms with Crippen molar-refractivity contribution in [2.45, 2.75) is 30.8 Å². The van der Waals surface area contributed by atoms with Crippen LogP contribution < -0.4 is 4.90 Å². The van der Waals surface area contributed by atoms with Crippen molar-refractivity contribution in [3.8, 4) is 5.69 Å². The minimum absolute atomic E-state index is 0.0159. The fourth-order valence-electron chi connectivity index (χ4n) is 4.78. The molecule has 1 aliphatic heterocycles. The first-order valence-electron chi connectivity index (χ1n) is 12.3. The Morgan fingerprint density at radius 3 is 2.38 bits per heavy atom. The number of carbonyl (C=O) groups excluding carboxylic acids is 2. The number of thioether (sulfide) groups is 1. The molecular formula is C30H28ClN3O2S. The summed E-state index contributed by atoms with van der Waals surface area (Å²) in [5.74, 6) is 0.0638. The van der Waals surface area contributed by atoms with Crippen molar-refractivity contribution in [1.82, 2.24) is 9.47 Å². The molecule has 2 heterocycles. The Morgan fingerprint density at radius 2 is 1.65 bits per heavy atom. The van der Waals surface area contributed by atoms with Gasteiger partial charge in [-0.1, -0.05) is 54.1 Å². The predicted molar refractivity (Wildman–Crippen MR) is 151 cm³/mol. The summed E-state index contributed by atoms with van der Waals surface area (Å²) in [6.07, 6.45) is 2.01. The average Bonchev–Trinajstić information content (AvgIpc) is 3.40. The molecule has 188 valence electrons. The number of para-hydroxylation sites is 2. The van der Waals surface area contributed by atoms with E-state index in [9.17, 15) is 9.59 Å². The van der Waals surface area contributed by atoms with Gasteiger partial charge in [0.05, 0.1) is 22.8 Å². The molecule has 0 fully saturated rings. The number of aromatic nitrogens is 1. The van der Waals surface area contributed by atoms with Gasteiger partial charge in [0.2, 0.25) is 11.8 Å². The first-order valence-corrected chi connectivity index (χ1v) is 13.6. The van der Waals surface area contributed by atoms with Crippen LogP contribution in [0, 0.1) is 0 Å². The molecule has 1 unspecified atom stereocenters. The second-order valence-electron chi connectivity index (χ2n) is 9.23. The van der Waals surface area contributed by atoms with Crippen LogP contribution in [0.4, 0.5) is 5.69 Å². The molecule has 5 rings (SSSR count). The van der Waals surface area contributed by atoms with Crippen LogP contribution in [-0.4, -0.2) is 39.6 Å². The number of amides is 2. The fraction of sp³-hybridized carbons (Fsp3) is 0.200. The van der Waals surface area contributed by atoms with Crippen molar-refractivity contribution in [3.05, 3.63) is 113 Å². The van der Waals surface area contributed by atoms with Crippen molar-refractivity contribution < 1.29 is 9.59 Å². The number of hydrogen-bond donors (Lipinski definition) is 0. The minimum Gasteiger partial charge on any atom is -0.330 e. The Kier molecular flexibility index (Phi) is 7.40. The SMILES string of the molecule is CC(C)N(CC(=O)N1c2ccccc2-n2cccc2C1c1cccc(Cl)c1)C(=O)CSc1ccccc1. The third kappa shape index (κ3) is 5.17. The molecule has 3 aromatic carbocycles. The molecular weight excluding hydrogens is 502 g/mol. The van der Waals surface area contributed by atoms with Crippen molar-refractivity contribution >= 4 is 40.9 Å². The second-order valence-corrected chi connectivity index (χ2v) is 10.7. The Bertz CT molecular complexity index is 1420. The molecule has 4 aromatic rings. The van der Waals surface area contributed by atoms with Gasteiger partial charge in [-0.25, -0.2) is 0 Å². The van der Waals surface area contributed by atoms with Gasteiger partial charge in [-0.05, 0) is 67.9 Å². The number of fused-ring (bicyclic) bond motifs is 3. The van der Waals surface area contributed by atoms with E-state index in [4.69, 9.17) is 11.6 Å². The molecule has 1 atom stereocenters. The van der Waals surface area contributed by atoms with E-state index in [-0.39, 0.29) is 36.2 Å². The van der Waals surface area contributed by atoms with Crippen LogP contribution in [0.1, 0.15) is 31.1 Å². The van der Waals surface area contributed by atoms with E-state index in [2.05, 4.69) is 4.57 Å². The van der Waals surface area contributed by atoms with Crippen molar-refractivity contribution in [3.63, 3.8) is 0 Å². The van der Waals surface area contributed by atoms with Crippen molar-refractivity contribution in [1.29, 1.82) is 0 Å². The van der Waals surface area contributed by atoms with Gasteiger partial charge in [0.15, 0.2) is 0 Å². The molecule has 0 N–H and O–H groups in total. The summed E-state index contributed by atoms with van der Waals surface area (Å²) in [5, 5.41) is 0.610. The first-order chi connectivity index (χ1) is 17.9. The van der Waals surface area contributed by atoms with Gasteiger partial charge in [0, 0.05) is 22.2 Å². The molecule has 0 radical (unpaired) electrons. The zero-order valence-electron chi connectivity index (χ0n) is 20.8. The molecule has 2 amide bonds. The third-order valence-corrected chi connectivity index (χ3v) is 7.74. The van der Waals surface area contributed by atoms with Crippen LogP contribution in [0.15, 0.2) is 102 Å². The maximum Gasteiger partial charge on any atom is 0.247 e. The highest BCUT2D eigenvalue weighted by molar-refractivity contribution is 8.00. The van der Waals surface area contributed by atoms with E-state index < -0.39 is 0 Å². The Hall–Kier alpha value is -3.48. The lowest BCUT2D eigenvalue weighted by atomic mass is 9.97. The zero-order valence-corrected chi connectivity index (χ0v) is 22.3. The monoisotopic (exact) mass is 529 g/mol. The summed E-state index contributed by atoms with van der Waals surface area (Å²) < 4.78 is 2.12. The summed E-state index contributed by atoms with van der Waals surface area (Å²) in [4.78, 5) is 31.9. The van der Waals surface area contributed by atoms with E-state index in [1.807, 2.05) is 116 Å². The summed E-state index contributed by atoms with van der Waals surface area (Å²) in [6.45, 7) is 3.88. The fourth-order valence-corrected chi connectivity index (χ4v) is 5.78. The standard InChI is InChI=1S/C30H28ClN3O2S/c1-21(2)33(29(36)20-37-24-12-4-3-5-13-24)19-28(35)34-26-15-7-6-14-25(26)32-17-9-16-27(32)30(34)22-10-8-11-23(31)18-22/h3-18,21,30H,19-20H2,1-2H3. The van der Waals surface area contributed by atoms with Crippen LogP contribution in [0.3, 0.4) is 0 Å². The van der Waals surface area contributed by atoms with E-state index in [1.165, 1.54) is 11.8 Å². The molecule has 1 aliphatic rings. The quantitative estimate of drug-likeness (QED) is 0.253. The largest absolute Gasteiger partial charge is 0.330 e. The molecule has 7 heteroatoms. The predicted octanol–water partition coefficient (Wildman–Crippen LogP) is 6.60. The number of hydrogen-bond acceptors (Lipinski definition) is 3. The molecule has 0 bridgehead atoms. The number of carbonyl (C=O) groups is 2. The third-order valence-electron chi connectivity index (χ3n) is 6.51. The second kappa shape index (κ2) is 10.9. The Labute approximate surface area is 226 Å². The van der Waals surface area contributed by atoms with E-state index in [0.717, 1.165) is 27.5 Å². The normalized spacial score (nSPS) is 14.3. The highest BCUT2D eigenvalue weighted by Crippen LogP contribution is 2.42. The molecule has 0 saturated carbocycles. The van der Waals surface area contributed by atoms with Crippen molar-refractivity contribution in [2.75, 3.05) is 17.2 Å².